The predicted octanol–water partition coefficient (Wildman–Crippen LogP) is 1.17. The van der Waals surface area contributed by atoms with Crippen LogP contribution < -0.4 is 5.73 Å². The molecule has 7 nitrogen and oxygen atoms in total. The Balaban J connectivity index is 2.00. The second-order valence-electron chi connectivity index (χ2n) is 2.93. The number of nitrogens with zero attached hydrogens (tertiary/aromatic N) is 4. The van der Waals surface area contributed by atoms with E-state index in [0.29, 0.717) is 28.4 Å². The molecule has 3 N–H and O–H groups in total. The Morgan fingerprint density at radius 3 is 3.00 bits per heavy atom. The van der Waals surface area contributed by atoms with Gasteiger partial charge in [0.25, 0.3) is 5.89 Å². The van der Waals surface area contributed by atoms with Crippen molar-refractivity contribution in [3.05, 3.63) is 17.8 Å². The number of aromatic nitrogens is 5. The Bertz CT molecular complexity index is 598. The van der Waals surface area contributed by atoms with Crippen LogP contribution in [0.25, 0.3) is 23.2 Å². The number of thiazole rings is 1. The van der Waals surface area contributed by atoms with E-state index in [1.807, 2.05) is 0 Å². The lowest BCUT2D eigenvalue weighted by molar-refractivity contribution is 0.431. The Morgan fingerprint density at radius 1 is 1.38 bits per heavy atom. The summed E-state index contributed by atoms with van der Waals surface area (Å²) in [7, 11) is 0. The Hall–Kier alpha value is -2.22. The van der Waals surface area contributed by atoms with Gasteiger partial charge in [-0.05, 0) is 0 Å². The van der Waals surface area contributed by atoms with Gasteiger partial charge in [0.2, 0.25) is 5.82 Å². The average molecular weight is 234 g/mol. The maximum Gasteiger partial charge on any atom is 0.277 e. The molecule has 0 aromatic carbocycles. The number of nitrogens with one attached hydrogen (secondary N) is 1. The molecular weight excluding hydrogens is 228 g/mol. The maximum absolute atomic E-state index is 5.52. The summed E-state index contributed by atoms with van der Waals surface area (Å²) in [5.41, 5.74) is 6.09. The summed E-state index contributed by atoms with van der Waals surface area (Å²) in [5, 5.41) is 6.01. The van der Waals surface area contributed by atoms with Crippen molar-refractivity contribution >= 4 is 16.5 Å². The largest absolute Gasteiger partial charge is 0.375 e. The van der Waals surface area contributed by atoms with Crippen molar-refractivity contribution < 1.29 is 4.52 Å². The highest BCUT2D eigenvalue weighted by molar-refractivity contribution is 7.13. The van der Waals surface area contributed by atoms with Crippen LogP contribution in [-0.2, 0) is 0 Å². The first-order valence-electron chi connectivity index (χ1n) is 4.38. The molecule has 8 heteroatoms. The smallest absolute Gasteiger partial charge is 0.277 e. The fraction of sp³-hybridized carbons (Fsp3) is 0. The molecule has 0 aliphatic rings. The Kier molecular flexibility index (Phi) is 1.93. The van der Waals surface area contributed by atoms with Crippen LogP contribution in [0.3, 0.4) is 0 Å². The van der Waals surface area contributed by atoms with E-state index < -0.39 is 0 Å². The van der Waals surface area contributed by atoms with Gasteiger partial charge < -0.3 is 15.2 Å². The molecule has 0 aliphatic carbocycles. The second kappa shape index (κ2) is 3.42. The molecule has 0 amide bonds. The minimum absolute atomic E-state index is 0.333. The fourth-order valence-electron chi connectivity index (χ4n) is 1.20. The van der Waals surface area contributed by atoms with Crippen molar-refractivity contribution in [1.82, 2.24) is 25.1 Å². The van der Waals surface area contributed by atoms with Crippen LogP contribution in [0, 0.1) is 0 Å². The van der Waals surface area contributed by atoms with Crippen molar-refractivity contribution in [3.63, 3.8) is 0 Å². The lowest BCUT2D eigenvalue weighted by Gasteiger charge is -1.83. The third-order valence-corrected chi connectivity index (χ3v) is 2.55. The molecule has 0 radical (unpaired) electrons. The zero-order valence-electron chi connectivity index (χ0n) is 7.91. The molecule has 80 valence electrons. The first-order chi connectivity index (χ1) is 7.83. The number of nitrogens with two attached hydrogens (primary N) is 1. The molecular formula is C8H6N6OS. The average Bonchev–Trinajstić information content (AvgIpc) is 2.97. The number of nitrogen functional groups attached to an aromatic ring is 1. The van der Waals surface area contributed by atoms with Crippen LogP contribution in [0.2, 0.25) is 0 Å². The van der Waals surface area contributed by atoms with Crippen LogP contribution in [0.15, 0.2) is 22.3 Å². The number of H-pyrrole nitrogens is 1. The van der Waals surface area contributed by atoms with Gasteiger partial charge in [-0.1, -0.05) is 5.16 Å². The highest BCUT2D eigenvalue weighted by atomic mass is 32.1. The molecule has 0 spiro atoms. The third-order valence-electron chi connectivity index (χ3n) is 1.88. The summed E-state index contributed by atoms with van der Waals surface area (Å²) >= 11 is 1.32. The fourth-order valence-corrected chi connectivity index (χ4v) is 1.73. The summed E-state index contributed by atoms with van der Waals surface area (Å²) in [6, 6.07) is 0. The van der Waals surface area contributed by atoms with E-state index >= 15 is 0 Å². The van der Waals surface area contributed by atoms with Crippen molar-refractivity contribution in [2.24, 2.45) is 0 Å². The van der Waals surface area contributed by atoms with Crippen LogP contribution in [-0.4, -0.2) is 25.1 Å². The Labute approximate surface area is 93.4 Å². The monoisotopic (exact) mass is 234 g/mol. The van der Waals surface area contributed by atoms with Gasteiger partial charge in [-0.2, -0.15) is 4.98 Å². The second-order valence-corrected chi connectivity index (χ2v) is 3.82. The Morgan fingerprint density at radius 2 is 2.31 bits per heavy atom. The number of rotatable bonds is 2. The third kappa shape index (κ3) is 1.44. The maximum atomic E-state index is 5.52. The highest BCUT2D eigenvalue weighted by Gasteiger charge is 2.14. The molecule has 0 saturated heterocycles. The standard InChI is InChI=1S/C8H6N6OS/c9-8-12-4(3-16-8)7-13-6(14-15-7)5-10-1-2-11-5/h1-3H,(H2,9,12)(H,10,11). The number of hydrogen-bond acceptors (Lipinski definition) is 7. The SMILES string of the molecule is Nc1nc(-c2nc(-c3ncc[nH]3)no2)cs1. The zero-order valence-corrected chi connectivity index (χ0v) is 8.73. The quantitative estimate of drug-likeness (QED) is 0.689. The predicted molar refractivity (Wildman–Crippen MR) is 57.4 cm³/mol. The minimum Gasteiger partial charge on any atom is -0.375 e. The lowest BCUT2D eigenvalue weighted by atomic mass is 10.5. The van der Waals surface area contributed by atoms with Gasteiger partial charge in [0.15, 0.2) is 11.0 Å². The molecule has 0 saturated carbocycles. The van der Waals surface area contributed by atoms with E-state index in [0.717, 1.165) is 0 Å². The number of anilines is 1. The summed E-state index contributed by atoms with van der Waals surface area (Å²) in [6.07, 6.45) is 3.30. The minimum atomic E-state index is 0.333. The van der Waals surface area contributed by atoms with E-state index in [-0.39, 0.29) is 0 Å². The first kappa shape index (κ1) is 9.04. The topological polar surface area (TPSA) is 107 Å². The summed E-state index contributed by atoms with van der Waals surface area (Å²) in [6.45, 7) is 0. The van der Waals surface area contributed by atoms with E-state index in [9.17, 15) is 0 Å². The summed E-state index contributed by atoms with van der Waals surface area (Å²) < 4.78 is 5.06. The van der Waals surface area contributed by atoms with Crippen molar-refractivity contribution in [3.8, 4) is 23.2 Å². The lowest BCUT2D eigenvalue weighted by Crippen LogP contribution is -1.84. The molecule has 3 heterocycles. The molecule has 0 bridgehead atoms. The summed E-state index contributed by atoms with van der Waals surface area (Å²) in [5.74, 6) is 1.28. The van der Waals surface area contributed by atoms with E-state index in [4.69, 9.17) is 10.3 Å². The first-order valence-corrected chi connectivity index (χ1v) is 5.26. The van der Waals surface area contributed by atoms with Gasteiger partial charge in [-0.25, -0.2) is 9.97 Å². The van der Waals surface area contributed by atoms with Gasteiger partial charge in [-0.15, -0.1) is 11.3 Å². The van der Waals surface area contributed by atoms with Gasteiger partial charge in [0.1, 0.15) is 5.69 Å². The number of imidazole rings is 1. The van der Waals surface area contributed by atoms with E-state index in [1.54, 1.807) is 17.8 Å². The summed E-state index contributed by atoms with van der Waals surface area (Å²) in [4.78, 5) is 15.1. The van der Waals surface area contributed by atoms with Gasteiger partial charge in [-0.3, -0.25) is 0 Å². The van der Waals surface area contributed by atoms with E-state index in [2.05, 4.69) is 25.1 Å². The van der Waals surface area contributed by atoms with Crippen molar-refractivity contribution in [2.75, 3.05) is 5.73 Å². The molecule has 0 fully saturated rings. The van der Waals surface area contributed by atoms with Crippen LogP contribution in [0.4, 0.5) is 5.13 Å². The molecule has 0 atom stereocenters. The van der Waals surface area contributed by atoms with Gasteiger partial charge >= 0.3 is 0 Å². The molecule has 0 aliphatic heterocycles. The van der Waals surface area contributed by atoms with Crippen LogP contribution in [0.5, 0.6) is 0 Å². The van der Waals surface area contributed by atoms with Gasteiger partial charge in [0.05, 0.1) is 0 Å². The van der Waals surface area contributed by atoms with Crippen LogP contribution >= 0.6 is 11.3 Å². The molecule has 3 rings (SSSR count). The molecule has 3 aromatic heterocycles. The zero-order chi connectivity index (χ0) is 11.0. The number of hydrogen-bond donors (Lipinski definition) is 2. The molecule has 0 unspecified atom stereocenters. The molecule has 16 heavy (non-hydrogen) atoms. The van der Waals surface area contributed by atoms with Gasteiger partial charge in [0, 0.05) is 17.8 Å². The van der Waals surface area contributed by atoms with Crippen LogP contribution in [0.1, 0.15) is 0 Å². The van der Waals surface area contributed by atoms with Crippen molar-refractivity contribution in [2.45, 2.75) is 0 Å². The number of aromatic amines is 1. The highest BCUT2D eigenvalue weighted by Crippen LogP contribution is 2.22. The molecule has 3 aromatic rings. The van der Waals surface area contributed by atoms with E-state index in [1.165, 1.54) is 11.3 Å². The normalized spacial score (nSPS) is 10.8. The van der Waals surface area contributed by atoms with Crippen molar-refractivity contribution in [1.29, 1.82) is 0 Å².